The van der Waals surface area contributed by atoms with Crippen LogP contribution in [0.2, 0.25) is 5.02 Å². The van der Waals surface area contributed by atoms with E-state index in [2.05, 4.69) is 25.5 Å². The minimum Gasteiger partial charge on any atom is -0.338 e. The third-order valence-corrected chi connectivity index (χ3v) is 7.88. The van der Waals surface area contributed by atoms with Crippen molar-refractivity contribution >= 4 is 67.0 Å². The Labute approximate surface area is 193 Å². The van der Waals surface area contributed by atoms with E-state index in [-0.39, 0.29) is 16.6 Å². The number of carbonyl (C=O) groups excluding carboxylic acids is 1. The number of benzene rings is 2. The molecular formula is C20H19ClN6O3S2. The van der Waals surface area contributed by atoms with Gasteiger partial charge < -0.3 is 10.3 Å². The molecule has 2 aromatic carbocycles. The summed E-state index contributed by atoms with van der Waals surface area (Å²) < 4.78 is 26.0. The lowest BCUT2D eigenvalue weighted by atomic mass is 10.2. The molecule has 0 atom stereocenters. The number of anilines is 1. The fraction of sp³-hybridized carbons (Fsp3) is 0.200. The molecule has 1 amide bonds. The lowest BCUT2D eigenvalue weighted by Crippen LogP contribution is -2.22. The molecule has 0 saturated heterocycles. The zero-order valence-electron chi connectivity index (χ0n) is 17.4. The molecule has 166 valence electrons. The van der Waals surface area contributed by atoms with Gasteiger partial charge in [0.15, 0.2) is 5.65 Å². The highest BCUT2D eigenvalue weighted by atomic mass is 35.5. The number of rotatable bonds is 6. The van der Waals surface area contributed by atoms with Gasteiger partial charge in [0.05, 0.1) is 10.6 Å². The Balaban J connectivity index is 1.54. The van der Waals surface area contributed by atoms with Gasteiger partial charge in [0.25, 0.3) is 0 Å². The molecule has 9 nitrogen and oxygen atoms in total. The summed E-state index contributed by atoms with van der Waals surface area (Å²) in [7, 11) is -0.628. The summed E-state index contributed by atoms with van der Waals surface area (Å²) in [4.78, 5) is 20.0. The van der Waals surface area contributed by atoms with Gasteiger partial charge in [-0.3, -0.25) is 4.79 Å². The van der Waals surface area contributed by atoms with Gasteiger partial charge in [0, 0.05) is 35.7 Å². The lowest BCUT2D eigenvalue weighted by molar-refractivity contribution is -0.113. The first-order chi connectivity index (χ1) is 15.2. The minimum atomic E-state index is -3.58. The number of carbonyl (C=O) groups is 1. The molecule has 0 aliphatic heterocycles. The third-order valence-electron chi connectivity index (χ3n) is 4.82. The maximum atomic E-state index is 12.4. The predicted octanol–water partition coefficient (Wildman–Crippen LogP) is 3.45. The number of thioether (sulfide) groups is 1. The molecule has 4 aromatic rings. The van der Waals surface area contributed by atoms with Gasteiger partial charge in [-0.2, -0.15) is 0 Å². The maximum Gasteiger partial charge on any atom is 0.242 e. The van der Waals surface area contributed by atoms with E-state index in [4.69, 9.17) is 11.6 Å². The monoisotopic (exact) mass is 490 g/mol. The van der Waals surface area contributed by atoms with E-state index in [0.29, 0.717) is 37.9 Å². The summed E-state index contributed by atoms with van der Waals surface area (Å²) in [6, 6.07) is 10.1. The molecular weight excluding hydrogens is 472 g/mol. The Morgan fingerprint density at radius 3 is 2.75 bits per heavy atom. The zero-order valence-corrected chi connectivity index (χ0v) is 19.8. The van der Waals surface area contributed by atoms with Crippen molar-refractivity contribution in [2.45, 2.75) is 17.0 Å². The molecule has 0 fully saturated rings. The fourth-order valence-electron chi connectivity index (χ4n) is 3.03. The Bertz CT molecular complexity index is 1450. The van der Waals surface area contributed by atoms with Gasteiger partial charge >= 0.3 is 0 Å². The Kier molecular flexibility index (Phi) is 6.08. The minimum absolute atomic E-state index is 0.0879. The Morgan fingerprint density at radius 1 is 1.22 bits per heavy atom. The standard InChI is InChI=1S/C20H19ClN6O3S2/c1-11-14(21)5-4-6-15(11)22-17(28)10-31-20-24-19-18(25-26-20)13-9-12(7-8-16(13)23-19)32(29,30)27(2)3/h4-9H,10H2,1-3H3,(H,22,28)(H,23,24,26). The van der Waals surface area contributed by atoms with E-state index in [0.717, 1.165) is 21.6 Å². The van der Waals surface area contributed by atoms with Crippen LogP contribution >= 0.6 is 23.4 Å². The highest BCUT2D eigenvalue weighted by Gasteiger charge is 2.19. The number of fused-ring (bicyclic) bond motifs is 3. The molecule has 4 rings (SSSR count). The number of nitrogens with zero attached hydrogens (tertiary/aromatic N) is 4. The summed E-state index contributed by atoms with van der Waals surface area (Å²) in [6.45, 7) is 1.83. The van der Waals surface area contributed by atoms with Crippen molar-refractivity contribution in [3.05, 3.63) is 47.0 Å². The molecule has 0 saturated carbocycles. The quantitative estimate of drug-likeness (QED) is 0.397. The highest BCUT2D eigenvalue weighted by Crippen LogP contribution is 2.27. The SMILES string of the molecule is Cc1c(Cl)cccc1NC(=O)CSc1nnc2c(n1)[nH]c1ccc(S(=O)(=O)N(C)C)cc12. The highest BCUT2D eigenvalue weighted by molar-refractivity contribution is 7.99. The molecule has 0 aliphatic carbocycles. The second kappa shape index (κ2) is 8.66. The van der Waals surface area contributed by atoms with E-state index < -0.39 is 10.0 Å². The van der Waals surface area contributed by atoms with Crippen LogP contribution in [0.5, 0.6) is 0 Å². The van der Waals surface area contributed by atoms with Gasteiger partial charge in [-0.1, -0.05) is 29.4 Å². The smallest absolute Gasteiger partial charge is 0.242 e. The van der Waals surface area contributed by atoms with Crippen LogP contribution in [0.4, 0.5) is 5.69 Å². The average molecular weight is 491 g/mol. The topological polar surface area (TPSA) is 121 Å². The van der Waals surface area contributed by atoms with Gasteiger partial charge in [0.1, 0.15) is 5.52 Å². The van der Waals surface area contributed by atoms with Gasteiger partial charge in [-0.15, -0.1) is 10.2 Å². The van der Waals surface area contributed by atoms with E-state index >= 15 is 0 Å². The largest absolute Gasteiger partial charge is 0.338 e. The number of H-pyrrole nitrogens is 1. The first-order valence-corrected chi connectivity index (χ1v) is 12.2. The van der Waals surface area contributed by atoms with Crippen molar-refractivity contribution in [1.82, 2.24) is 24.5 Å². The Hall–Kier alpha value is -2.73. The number of halogens is 1. The van der Waals surface area contributed by atoms with Gasteiger partial charge in [-0.25, -0.2) is 17.7 Å². The van der Waals surface area contributed by atoms with Crippen molar-refractivity contribution < 1.29 is 13.2 Å². The molecule has 2 heterocycles. The number of aromatic nitrogens is 4. The molecule has 0 bridgehead atoms. The van der Waals surface area contributed by atoms with Crippen LogP contribution in [0.1, 0.15) is 5.56 Å². The predicted molar refractivity (Wildman–Crippen MR) is 126 cm³/mol. The normalized spacial score (nSPS) is 12.0. The summed E-state index contributed by atoms with van der Waals surface area (Å²) in [5.41, 5.74) is 3.05. The molecule has 2 aromatic heterocycles. The summed E-state index contributed by atoms with van der Waals surface area (Å²) in [5, 5.41) is 12.6. The van der Waals surface area contributed by atoms with Crippen LogP contribution in [-0.4, -0.2) is 58.6 Å². The fourth-order valence-corrected chi connectivity index (χ4v) is 4.72. The number of nitrogens with one attached hydrogen (secondary N) is 2. The number of aromatic amines is 1. The second-order valence-electron chi connectivity index (χ2n) is 7.16. The molecule has 0 radical (unpaired) electrons. The Morgan fingerprint density at radius 2 is 2.00 bits per heavy atom. The molecule has 2 N–H and O–H groups in total. The second-order valence-corrected chi connectivity index (χ2v) is 10.7. The summed E-state index contributed by atoms with van der Waals surface area (Å²) in [5.74, 6) is -0.135. The first kappa shape index (κ1) is 22.5. The molecule has 0 spiro atoms. The average Bonchev–Trinajstić information content (AvgIpc) is 3.12. The van der Waals surface area contributed by atoms with Crippen LogP contribution in [0, 0.1) is 6.92 Å². The number of hydrogen-bond donors (Lipinski definition) is 2. The van der Waals surface area contributed by atoms with Crippen molar-refractivity contribution in [1.29, 1.82) is 0 Å². The molecule has 0 unspecified atom stereocenters. The van der Waals surface area contributed by atoms with Crippen molar-refractivity contribution in [3.8, 4) is 0 Å². The number of amides is 1. The van der Waals surface area contributed by atoms with Crippen LogP contribution in [-0.2, 0) is 14.8 Å². The molecule has 12 heteroatoms. The summed E-state index contributed by atoms with van der Waals surface area (Å²) >= 11 is 7.23. The van der Waals surface area contributed by atoms with E-state index in [1.807, 2.05) is 6.92 Å². The van der Waals surface area contributed by atoms with E-state index in [9.17, 15) is 13.2 Å². The first-order valence-electron chi connectivity index (χ1n) is 9.43. The van der Waals surface area contributed by atoms with Crippen molar-refractivity contribution in [2.75, 3.05) is 25.2 Å². The number of hydrogen-bond acceptors (Lipinski definition) is 7. The maximum absolute atomic E-state index is 12.4. The number of sulfonamides is 1. The molecule has 0 aliphatic rings. The van der Waals surface area contributed by atoms with Crippen LogP contribution in [0.3, 0.4) is 0 Å². The van der Waals surface area contributed by atoms with E-state index in [1.165, 1.54) is 20.2 Å². The van der Waals surface area contributed by atoms with Gasteiger partial charge in [-0.05, 0) is 42.8 Å². The van der Waals surface area contributed by atoms with Crippen molar-refractivity contribution in [2.24, 2.45) is 0 Å². The van der Waals surface area contributed by atoms with E-state index in [1.54, 1.807) is 30.3 Å². The van der Waals surface area contributed by atoms with Crippen molar-refractivity contribution in [3.63, 3.8) is 0 Å². The van der Waals surface area contributed by atoms with Crippen LogP contribution in [0.25, 0.3) is 22.1 Å². The third kappa shape index (κ3) is 4.29. The molecule has 32 heavy (non-hydrogen) atoms. The van der Waals surface area contributed by atoms with Gasteiger partial charge in [0.2, 0.25) is 21.1 Å². The zero-order chi connectivity index (χ0) is 23.0. The summed E-state index contributed by atoms with van der Waals surface area (Å²) in [6.07, 6.45) is 0. The van der Waals surface area contributed by atoms with Crippen LogP contribution in [0.15, 0.2) is 46.5 Å². The lowest BCUT2D eigenvalue weighted by Gasteiger charge is -2.10. The van der Waals surface area contributed by atoms with Crippen LogP contribution < -0.4 is 5.32 Å².